The largest absolute Gasteiger partial charge is 0.351 e. The summed E-state index contributed by atoms with van der Waals surface area (Å²) < 4.78 is 0.983. The van der Waals surface area contributed by atoms with Gasteiger partial charge < -0.3 is 10.2 Å². The highest BCUT2D eigenvalue weighted by Crippen LogP contribution is 2.26. The van der Waals surface area contributed by atoms with Gasteiger partial charge in [0.15, 0.2) is 0 Å². The topological polar surface area (TPSA) is 45.2 Å². The predicted octanol–water partition coefficient (Wildman–Crippen LogP) is 4.38. The van der Waals surface area contributed by atoms with Crippen molar-refractivity contribution in [3.8, 4) is 11.3 Å². The fourth-order valence-corrected chi connectivity index (χ4v) is 3.05. The van der Waals surface area contributed by atoms with Crippen LogP contribution in [0.1, 0.15) is 10.4 Å². The van der Waals surface area contributed by atoms with Gasteiger partial charge in [0, 0.05) is 28.5 Å². The molecule has 0 aliphatic rings. The summed E-state index contributed by atoms with van der Waals surface area (Å²) in [6.07, 6.45) is 0. The highest BCUT2D eigenvalue weighted by Gasteiger charge is 2.13. The van der Waals surface area contributed by atoms with Crippen molar-refractivity contribution >= 4 is 45.1 Å². The van der Waals surface area contributed by atoms with Crippen LogP contribution < -0.4 is 5.32 Å². The molecule has 4 nitrogen and oxygen atoms in total. The zero-order chi connectivity index (χ0) is 17.8. The molecule has 26 heavy (non-hydrogen) atoms. The Kier molecular flexibility index (Phi) is 7.14. The van der Waals surface area contributed by atoms with Gasteiger partial charge in [0.2, 0.25) is 0 Å². The van der Waals surface area contributed by atoms with Gasteiger partial charge in [-0.05, 0) is 38.4 Å². The monoisotopic (exact) mass is 433 g/mol. The van der Waals surface area contributed by atoms with Gasteiger partial charge in [-0.1, -0.05) is 46.3 Å². The Balaban J connectivity index is 0.00000243. The molecule has 0 fully saturated rings. The summed E-state index contributed by atoms with van der Waals surface area (Å²) in [5, 5.41) is 3.86. The van der Waals surface area contributed by atoms with Crippen molar-refractivity contribution in [2.75, 3.05) is 27.2 Å². The molecule has 0 bridgehead atoms. The smallest absolute Gasteiger partial charge is 0.252 e. The van der Waals surface area contributed by atoms with E-state index in [1.807, 2.05) is 73.6 Å². The van der Waals surface area contributed by atoms with Gasteiger partial charge in [-0.25, -0.2) is 4.98 Å². The minimum atomic E-state index is -0.0725. The lowest BCUT2D eigenvalue weighted by molar-refractivity contribution is 0.0952. The summed E-state index contributed by atoms with van der Waals surface area (Å²) in [6, 6.07) is 17.6. The van der Waals surface area contributed by atoms with Crippen molar-refractivity contribution in [1.29, 1.82) is 0 Å². The quantitative estimate of drug-likeness (QED) is 0.648. The Hall–Kier alpha value is -1.95. The van der Waals surface area contributed by atoms with Crippen molar-refractivity contribution in [2.24, 2.45) is 0 Å². The number of carbonyl (C=O) groups is 1. The minimum absolute atomic E-state index is 0. The van der Waals surface area contributed by atoms with E-state index in [2.05, 4.69) is 21.2 Å². The lowest BCUT2D eigenvalue weighted by Crippen LogP contribution is -2.31. The number of halogens is 2. The first-order chi connectivity index (χ1) is 12.0. The second-order valence-electron chi connectivity index (χ2n) is 6.14. The number of benzene rings is 2. The van der Waals surface area contributed by atoms with Crippen molar-refractivity contribution in [1.82, 2.24) is 15.2 Å². The molecule has 3 aromatic rings. The third kappa shape index (κ3) is 4.81. The summed E-state index contributed by atoms with van der Waals surface area (Å²) in [7, 11) is 3.97. The van der Waals surface area contributed by atoms with Crippen molar-refractivity contribution < 1.29 is 4.79 Å². The molecule has 0 radical (unpaired) electrons. The molecule has 6 heteroatoms. The van der Waals surface area contributed by atoms with Gasteiger partial charge in [-0.3, -0.25) is 4.79 Å². The van der Waals surface area contributed by atoms with Crippen molar-refractivity contribution in [2.45, 2.75) is 0 Å². The molecule has 3 rings (SSSR count). The first-order valence-electron chi connectivity index (χ1n) is 8.13. The van der Waals surface area contributed by atoms with E-state index in [0.717, 1.165) is 33.2 Å². The number of amides is 1. The van der Waals surface area contributed by atoms with E-state index in [1.54, 1.807) is 0 Å². The first-order valence-corrected chi connectivity index (χ1v) is 8.92. The van der Waals surface area contributed by atoms with E-state index in [4.69, 9.17) is 4.98 Å². The Labute approximate surface area is 168 Å². The second kappa shape index (κ2) is 9.12. The van der Waals surface area contributed by atoms with Crippen LogP contribution in [0.5, 0.6) is 0 Å². The van der Waals surface area contributed by atoms with Gasteiger partial charge in [0.05, 0.1) is 16.8 Å². The molecule has 1 heterocycles. The molecule has 1 N–H and O–H groups in total. The number of fused-ring (bicyclic) bond motifs is 1. The Morgan fingerprint density at radius 2 is 1.88 bits per heavy atom. The van der Waals surface area contributed by atoms with Gasteiger partial charge in [0.1, 0.15) is 0 Å². The first kappa shape index (κ1) is 20.4. The molecule has 0 atom stereocenters. The van der Waals surface area contributed by atoms with Crippen LogP contribution in [0.15, 0.2) is 59.1 Å². The van der Waals surface area contributed by atoms with Crippen LogP contribution in [0.2, 0.25) is 0 Å². The summed E-state index contributed by atoms with van der Waals surface area (Å²) in [5.74, 6) is -0.0725. The fraction of sp³-hybridized carbons (Fsp3) is 0.200. The summed E-state index contributed by atoms with van der Waals surface area (Å²) >= 11 is 3.49. The number of likely N-dealkylation sites (N-methyl/N-ethyl adjacent to an activating group) is 1. The Bertz CT molecular complexity index is 914. The molecule has 0 spiro atoms. The van der Waals surface area contributed by atoms with E-state index in [-0.39, 0.29) is 18.3 Å². The molecular weight excluding hydrogens is 414 g/mol. The maximum atomic E-state index is 12.7. The van der Waals surface area contributed by atoms with E-state index >= 15 is 0 Å². The number of aromatic nitrogens is 1. The van der Waals surface area contributed by atoms with Crippen LogP contribution >= 0.6 is 28.3 Å². The van der Waals surface area contributed by atoms with Crippen LogP contribution in [0, 0.1) is 0 Å². The standard InChI is InChI=1S/C20H20BrN3O.ClH/c1-24(2)11-10-22-20(25)17-13-19(14-6-5-7-15(21)12-14)23-18-9-4-3-8-16(17)18;/h3-9,12-13H,10-11H2,1-2H3,(H,22,25);1H. The third-order valence-electron chi connectivity index (χ3n) is 3.93. The van der Waals surface area contributed by atoms with E-state index in [0.29, 0.717) is 12.1 Å². The average Bonchev–Trinajstić information content (AvgIpc) is 2.60. The zero-order valence-corrected chi connectivity index (χ0v) is 17.1. The Morgan fingerprint density at radius 1 is 1.12 bits per heavy atom. The average molecular weight is 435 g/mol. The third-order valence-corrected chi connectivity index (χ3v) is 4.42. The highest BCUT2D eigenvalue weighted by molar-refractivity contribution is 9.10. The number of carbonyl (C=O) groups excluding carboxylic acids is 1. The van der Waals surface area contributed by atoms with Crippen LogP contribution in [-0.2, 0) is 0 Å². The normalized spacial score (nSPS) is 10.6. The van der Waals surface area contributed by atoms with Gasteiger partial charge in [0.25, 0.3) is 5.91 Å². The van der Waals surface area contributed by atoms with E-state index < -0.39 is 0 Å². The molecule has 0 saturated carbocycles. The molecule has 0 aliphatic carbocycles. The number of para-hydroxylation sites is 1. The summed E-state index contributed by atoms with van der Waals surface area (Å²) in [6.45, 7) is 1.40. The number of hydrogen-bond donors (Lipinski definition) is 1. The van der Waals surface area contributed by atoms with Crippen LogP contribution in [0.3, 0.4) is 0 Å². The SMILES string of the molecule is CN(C)CCNC(=O)c1cc(-c2cccc(Br)c2)nc2ccccc12.Cl. The zero-order valence-electron chi connectivity index (χ0n) is 14.7. The highest BCUT2D eigenvalue weighted by atomic mass is 79.9. The van der Waals surface area contributed by atoms with Gasteiger partial charge >= 0.3 is 0 Å². The fourth-order valence-electron chi connectivity index (χ4n) is 2.65. The number of nitrogens with one attached hydrogen (secondary N) is 1. The molecule has 1 aromatic heterocycles. The molecular formula is C20H21BrClN3O. The maximum absolute atomic E-state index is 12.7. The minimum Gasteiger partial charge on any atom is -0.351 e. The molecule has 0 unspecified atom stereocenters. The summed E-state index contributed by atoms with van der Waals surface area (Å²) in [5.41, 5.74) is 3.23. The van der Waals surface area contributed by atoms with Gasteiger partial charge in [-0.15, -0.1) is 12.4 Å². The molecule has 0 aliphatic heterocycles. The second-order valence-corrected chi connectivity index (χ2v) is 7.06. The van der Waals surface area contributed by atoms with Crippen LogP contribution in [0.4, 0.5) is 0 Å². The van der Waals surface area contributed by atoms with Gasteiger partial charge in [-0.2, -0.15) is 0 Å². The molecule has 136 valence electrons. The van der Waals surface area contributed by atoms with Crippen LogP contribution in [-0.4, -0.2) is 43.0 Å². The predicted molar refractivity (Wildman–Crippen MR) is 113 cm³/mol. The maximum Gasteiger partial charge on any atom is 0.252 e. The lowest BCUT2D eigenvalue weighted by Gasteiger charge is -2.13. The molecule has 0 saturated heterocycles. The lowest BCUT2D eigenvalue weighted by atomic mass is 10.0. The van der Waals surface area contributed by atoms with Crippen molar-refractivity contribution in [3.05, 3.63) is 64.6 Å². The van der Waals surface area contributed by atoms with Crippen LogP contribution in [0.25, 0.3) is 22.2 Å². The number of rotatable bonds is 5. The van der Waals surface area contributed by atoms with E-state index in [9.17, 15) is 4.79 Å². The Morgan fingerprint density at radius 3 is 2.62 bits per heavy atom. The number of pyridine rings is 1. The number of nitrogens with zero attached hydrogens (tertiary/aromatic N) is 2. The molecule has 2 aromatic carbocycles. The summed E-state index contributed by atoms with van der Waals surface area (Å²) in [4.78, 5) is 19.5. The molecule has 1 amide bonds. The number of hydrogen-bond acceptors (Lipinski definition) is 3. The van der Waals surface area contributed by atoms with E-state index in [1.165, 1.54) is 0 Å². The van der Waals surface area contributed by atoms with Crippen molar-refractivity contribution in [3.63, 3.8) is 0 Å².